The van der Waals surface area contributed by atoms with Crippen LogP contribution < -0.4 is 14.8 Å². The van der Waals surface area contributed by atoms with Gasteiger partial charge in [-0.15, -0.1) is 0 Å². The maximum Gasteiger partial charge on any atom is 0.161 e. The van der Waals surface area contributed by atoms with Gasteiger partial charge in [0, 0.05) is 6.54 Å². The predicted octanol–water partition coefficient (Wildman–Crippen LogP) is 2.07. The van der Waals surface area contributed by atoms with E-state index in [1.54, 1.807) is 14.2 Å². The SMILES string of the molecule is C=Cc1cc(OC)c(OC)cc1CNC. The van der Waals surface area contributed by atoms with Crippen molar-refractivity contribution < 1.29 is 9.47 Å². The number of hydrogen-bond donors (Lipinski definition) is 1. The predicted molar refractivity (Wildman–Crippen MR) is 62.4 cm³/mol. The Morgan fingerprint density at radius 2 is 1.87 bits per heavy atom. The summed E-state index contributed by atoms with van der Waals surface area (Å²) in [5.74, 6) is 1.47. The third-order valence-electron chi connectivity index (χ3n) is 2.23. The van der Waals surface area contributed by atoms with Crippen LogP contribution in [0.25, 0.3) is 6.08 Å². The zero-order valence-electron chi connectivity index (χ0n) is 9.46. The second-order valence-electron chi connectivity index (χ2n) is 3.14. The Kier molecular flexibility index (Phi) is 4.18. The van der Waals surface area contributed by atoms with E-state index in [-0.39, 0.29) is 0 Å². The van der Waals surface area contributed by atoms with Crippen molar-refractivity contribution in [2.45, 2.75) is 6.54 Å². The topological polar surface area (TPSA) is 30.5 Å². The van der Waals surface area contributed by atoms with E-state index < -0.39 is 0 Å². The Morgan fingerprint density at radius 3 is 2.33 bits per heavy atom. The molecule has 0 heterocycles. The van der Waals surface area contributed by atoms with Crippen molar-refractivity contribution in [3.8, 4) is 11.5 Å². The number of nitrogens with one attached hydrogen (secondary N) is 1. The number of methoxy groups -OCH3 is 2. The first kappa shape index (κ1) is 11.6. The largest absolute Gasteiger partial charge is 0.493 e. The Hall–Kier alpha value is -1.48. The Morgan fingerprint density at radius 1 is 1.27 bits per heavy atom. The molecule has 0 aliphatic carbocycles. The average molecular weight is 207 g/mol. The lowest BCUT2D eigenvalue weighted by Crippen LogP contribution is -2.07. The Balaban J connectivity index is 3.20. The molecule has 0 unspecified atom stereocenters. The molecule has 1 rings (SSSR count). The first-order valence-corrected chi connectivity index (χ1v) is 4.78. The fourth-order valence-corrected chi connectivity index (χ4v) is 1.47. The average Bonchev–Trinajstić information content (AvgIpc) is 2.28. The summed E-state index contributed by atoms with van der Waals surface area (Å²) in [6.45, 7) is 4.56. The number of ether oxygens (including phenoxy) is 2. The molecular formula is C12H17NO2. The molecular weight excluding hydrogens is 190 g/mol. The van der Waals surface area contributed by atoms with Crippen molar-refractivity contribution >= 4 is 6.08 Å². The summed E-state index contributed by atoms with van der Waals surface area (Å²) in [6, 6.07) is 3.89. The monoisotopic (exact) mass is 207 g/mol. The molecule has 0 bridgehead atoms. The summed E-state index contributed by atoms with van der Waals surface area (Å²) < 4.78 is 10.5. The second kappa shape index (κ2) is 5.41. The Bertz CT molecular complexity index is 348. The van der Waals surface area contributed by atoms with Gasteiger partial charge in [0.1, 0.15) is 0 Å². The van der Waals surface area contributed by atoms with Gasteiger partial charge in [0.25, 0.3) is 0 Å². The van der Waals surface area contributed by atoms with Crippen LogP contribution in [0.1, 0.15) is 11.1 Å². The van der Waals surface area contributed by atoms with E-state index in [0.717, 1.165) is 29.2 Å². The lowest BCUT2D eigenvalue weighted by Gasteiger charge is -2.12. The van der Waals surface area contributed by atoms with Crippen molar-refractivity contribution in [3.05, 3.63) is 29.8 Å². The second-order valence-corrected chi connectivity index (χ2v) is 3.14. The molecule has 0 radical (unpaired) electrons. The standard InChI is InChI=1S/C12H17NO2/c1-5-9-6-11(14-3)12(15-4)7-10(9)8-13-2/h5-7,13H,1,8H2,2-4H3. The summed E-state index contributed by atoms with van der Waals surface area (Å²) in [5.41, 5.74) is 2.20. The van der Waals surface area contributed by atoms with Crippen molar-refractivity contribution in [2.75, 3.05) is 21.3 Å². The molecule has 0 saturated heterocycles. The fourth-order valence-electron chi connectivity index (χ4n) is 1.47. The highest BCUT2D eigenvalue weighted by Crippen LogP contribution is 2.30. The minimum absolute atomic E-state index is 0.729. The molecule has 0 fully saturated rings. The van der Waals surface area contributed by atoms with Crippen LogP contribution in [0.4, 0.5) is 0 Å². The lowest BCUT2D eigenvalue weighted by atomic mass is 10.1. The van der Waals surface area contributed by atoms with Gasteiger partial charge in [-0.3, -0.25) is 0 Å². The van der Waals surface area contributed by atoms with E-state index in [1.807, 2.05) is 25.3 Å². The van der Waals surface area contributed by atoms with Crippen LogP contribution >= 0.6 is 0 Å². The molecule has 0 aliphatic heterocycles. The van der Waals surface area contributed by atoms with Crippen molar-refractivity contribution in [1.29, 1.82) is 0 Å². The summed E-state index contributed by atoms with van der Waals surface area (Å²) in [7, 11) is 5.17. The van der Waals surface area contributed by atoms with Gasteiger partial charge in [-0.2, -0.15) is 0 Å². The van der Waals surface area contributed by atoms with Gasteiger partial charge >= 0.3 is 0 Å². The summed E-state index contributed by atoms with van der Waals surface area (Å²) in [6.07, 6.45) is 1.81. The van der Waals surface area contributed by atoms with Gasteiger partial charge in [-0.1, -0.05) is 12.7 Å². The number of rotatable bonds is 5. The molecule has 82 valence electrons. The molecule has 0 saturated carbocycles. The first-order valence-electron chi connectivity index (χ1n) is 4.78. The molecule has 0 amide bonds. The van der Waals surface area contributed by atoms with Crippen LogP contribution in [-0.4, -0.2) is 21.3 Å². The quantitative estimate of drug-likeness (QED) is 0.801. The molecule has 15 heavy (non-hydrogen) atoms. The van der Waals surface area contributed by atoms with Crippen LogP contribution in [-0.2, 0) is 6.54 Å². The van der Waals surface area contributed by atoms with Crippen LogP contribution in [0.5, 0.6) is 11.5 Å². The van der Waals surface area contributed by atoms with E-state index in [0.29, 0.717) is 0 Å². The van der Waals surface area contributed by atoms with Gasteiger partial charge in [-0.05, 0) is 30.3 Å². The molecule has 3 heteroatoms. The van der Waals surface area contributed by atoms with E-state index in [1.165, 1.54) is 0 Å². The fraction of sp³-hybridized carbons (Fsp3) is 0.333. The maximum absolute atomic E-state index is 5.24. The molecule has 3 nitrogen and oxygen atoms in total. The highest BCUT2D eigenvalue weighted by molar-refractivity contribution is 5.59. The third kappa shape index (κ3) is 2.50. The molecule has 0 atom stereocenters. The van der Waals surface area contributed by atoms with Gasteiger partial charge < -0.3 is 14.8 Å². The van der Waals surface area contributed by atoms with Crippen molar-refractivity contribution in [1.82, 2.24) is 5.32 Å². The van der Waals surface area contributed by atoms with Crippen LogP contribution in [0.2, 0.25) is 0 Å². The smallest absolute Gasteiger partial charge is 0.161 e. The minimum atomic E-state index is 0.729. The molecule has 1 aromatic rings. The van der Waals surface area contributed by atoms with E-state index in [2.05, 4.69) is 11.9 Å². The maximum atomic E-state index is 5.24. The highest BCUT2D eigenvalue weighted by atomic mass is 16.5. The first-order chi connectivity index (χ1) is 7.26. The molecule has 0 spiro atoms. The lowest BCUT2D eigenvalue weighted by molar-refractivity contribution is 0.354. The molecule has 1 N–H and O–H groups in total. The zero-order valence-corrected chi connectivity index (χ0v) is 9.46. The summed E-state index contributed by atoms with van der Waals surface area (Å²) >= 11 is 0. The van der Waals surface area contributed by atoms with E-state index >= 15 is 0 Å². The molecule has 0 aliphatic rings. The van der Waals surface area contributed by atoms with E-state index in [4.69, 9.17) is 9.47 Å². The van der Waals surface area contributed by atoms with Gasteiger partial charge in [-0.25, -0.2) is 0 Å². The van der Waals surface area contributed by atoms with Crippen molar-refractivity contribution in [3.63, 3.8) is 0 Å². The zero-order chi connectivity index (χ0) is 11.3. The minimum Gasteiger partial charge on any atom is -0.493 e. The molecule has 0 aromatic heterocycles. The van der Waals surface area contributed by atoms with Crippen LogP contribution in [0.3, 0.4) is 0 Å². The highest BCUT2D eigenvalue weighted by Gasteiger charge is 2.08. The third-order valence-corrected chi connectivity index (χ3v) is 2.23. The van der Waals surface area contributed by atoms with Crippen molar-refractivity contribution in [2.24, 2.45) is 0 Å². The normalized spacial score (nSPS) is 9.80. The van der Waals surface area contributed by atoms with Gasteiger partial charge in [0.2, 0.25) is 0 Å². The van der Waals surface area contributed by atoms with Crippen LogP contribution in [0.15, 0.2) is 18.7 Å². The van der Waals surface area contributed by atoms with Gasteiger partial charge in [0.15, 0.2) is 11.5 Å². The van der Waals surface area contributed by atoms with Gasteiger partial charge in [0.05, 0.1) is 14.2 Å². The number of hydrogen-bond acceptors (Lipinski definition) is 3. The molecule has 1 aromatic carbocycles. The Labute approximate surface area is 90.7 Å². The summed E-state index contributed by atoms with van der Waals surface area (Å²) in [4.78, 5) is 0. The number of benzene rings is 1. The van der Waals surface area contributed by atoms with E-state index in [9.17, 15) is 0 Å². The van der Waals surface area contributed by atoms with Crippen LogP contribution in [0, 0.1) is 0 Å². The summed E-state index contributed by atoms with van der Waals surface area (Å²) in [5, 5.41) is 3.10.